The molecule has 38 heavy (non-hydrogen) atoms. The van der Waals surface area contributed by atoms with Crippen molar-refractivity contribution in [1.29, 1.82) is 0 Å². The molecule has 1 aromatic heterocycles. The average molecular weight is 509 g/mol. The minimum atomic E-state index is -0.245. The summed E-state index contributed by atoms with van der Waals surface area (Å²) in [5.74, 6) is 1.84. The largest absolute Gasteiger partial charge is 0.493 e. The lowest BCUT2D eigenvalue weighted by Crippen LogP contribution is -2.23. The lowest BCUT2D eigenvalue weighted by atomic mass is 10.1. The van der Waals surface area contributed by atoms with E-state index in [9.17, 15) is 4.79 Å². The molecule has 1 heterocycles. The Bertz CT molecular complexity index is 1590. The van der Waals surface area contributed by atoms with E-state index in [1.165, 1.54) is 0 Å². The molecule has 5 aromatic rings. The van der Waals surface area contributed by atoms with Crippen molar-refractivity contribution < 1.29 is 19.0 Å². The van der Waals surface area contributed by atoms with Crippen LogP contribution < -0.4 is 24.4 Å². The molecular formula is C30H28N4O4. The van der Waals surface area contributed by atoms with Crippen LogP contribution >= 0.6 is 0 Å². The Morgan fingerprint density at radius 3 is 2.26 bits per heavy atom. The number of anilines is 2. The highest BCUT2D eigenvalue weighted by atomic mass is 16.5. The van der Waals surface area contributed by atoms with Crippen molar-refractivity contribution in [1.82, 2.24) is 9.97 Å². The van der Waals surface area contributed by atoms with E-state index in [0.29, 0.717) is 52.7 Å². The second-order valence-electron chi connectivity index (χ2n) is 8.67. The van der Waals surface area contributed by atoms with E-state index >= 15 is 0 Å². The maximum atomic E-state index is 13.1. The Kier molecular flexibility index (Phi) is 7.21. The molecule has 5 rings (SSSR count). The highest BCUT2D eigenvalue weighted by Gasteiger charge is 2.14. The molecule has 0 fully saturated rings. The molecule has 0 saturated heterocycles. The van der Waals surface area contributed by atoms with Gasteiger partial charge < -0.3 is 24.4 Å². The van der Waals surface area contributed by atoms with E-state index in [4.69, 9.17) is 14.2 Å². The zero-order valence-corrected chi connectivity index (χ0v) is 21.5. The number of nitrogens with one attached hydrogen (secondary N) is 1. The van der Waals surface area contributed by atoms with Gasteiger partial charge in [0.1, 0.15) is 17.9 Å². The van der Waals surface area contributed by atoms with Crippen molar-refractivity contribution in [3.63, 3.8) is 0 Å². The monoisotopic (exact) mass is 508 g/mol. The van der Waals surface area contributed by atoms with Gasteiger partial charge in [0.05, 0.1) is 42.9 Å². The number of fused-ring (bicyclic) bond motifs is 2. The third kappa shape index (κ3) is 5.29. The molecule has 0 aliphatic rings. The van der Waals surface area contributed by atoms with Crippen molar-refractivity contribution in [2.24, 2.45) is 0 Å². The summed E-state index contributed by atoms with van der Waals surface area (Å²) >= 11 is 0. The fraction of sp³-hybridized carbons (Fsp3) is 0.167. The van der Waals surface area contributed by atoms with Gasteiger partial charge >= 0.3 is 0 Å². The van der Waals surface area contributed by atoms with Crippen molar-refractivity contribution in [2.45, 2.75) is 0 Å². The summed E-state index contributed by atoms with van der Waals surface area (Å²) < 4.78 is 16.6. The summed E-state index contributed by atoms with van der Waals surface area (Å²) in [5.41, 5.74) is 4.92. The van der Waals surface area contributed by atoms with E-state index < -0.39 is 0 Å². The third-order valence-corrected chi connectivity index (χ3v) is 6.23. The fourth-order valence-electron chi connectivity index (χ4n) is 4.15. The number of rotatable bonds is 9. The maximum absolute atomic E-state index is 13.1. The molecule has 0 saturated carbocycles. The predicted octanol–water partition coefficient (Wildman–Crippen LogP) is 5.57. The molecule has 0 spiro atoms. The van der Waals surface area contributed by atoms with Crippen molar-refractivity contribution in [2.75, 3.05) is 44.6 Å². The van der Waals surface area contributed by atoms with Gasteiger partial charge in [0, 0.05) is 24.5 Å². The fourth-order valence-corrected chi connectivity index (χ4v) is 4.15. The molecular weight excluding hydrogens is 480 g/mol. The van der Waals surface area contributed by atoms with Gasteiger partial charge in [-0.2, -0.15) is 0 Å². The predicted molar refractivity (Wildman–Crippen MR) is 150 cm³/mol. The molecule has 0 aliphatic carbocycles. The summed E-state index contributed by atoms with van der Waals surface area (Å²) in [6, 6.07) is 26.2. The number of carbonyl (C=O) groups excluding carboxylic acids is 1. The second-order valence-corrected chi connectivity index (χ2v) is 8.67. The number of nitrogens with zero attached hydrogens (tertiary/aromatic N) is 3. The Labute approximate surface area is 220 Å². The minimum absolute atomic E-state index is 0.245. The number of ether oxygens (including phenoxy) is 3. The molecule has 0 atom stereocenters. The van der Waals surface area contributed by atoms with Crippen LogP contribution in [0.4, 0.5) is 11.4 Å². The number of para-hydroxylation sites is 3. The summed E-state index contributed by atoms with van der Waals surface area (Å²) in [7, 11) is 5.23. The van der Waals surface area contributed by atoms with Crippen LogP contribution in [-0.2, 0) is 0 Å². The zero-order valence-electron chi connectivity index (χ0n) is 21.5. The van der Waals surface area contributed by atoms with Crippen LogP contribution in [0.15, 0.2) is 84.9 Å². The van der Waals surface area contributed by atoms with Gasteiger partial charge in [-0.15, -0.1) is 0 Å². The smallest absolute Gasteiger partial charge is 0.257 e. The van der Waals surface area contributed by atoms with E-state index in [2.05, 4.69) is 20.2 Å². The van der Waals surface area contributed by atoms with E-state index in [1.807, 2.05) is 85.9 Å². The van der Waals surface area contributed by atoms with Crippen LogP contribution in [0.5, 0.6) is 17.2 Å². The molecule has 0 unspecified atom stereocenters. The van der Waals surface area contributed by atoms with Crippen molar-refractivity contribution in [3.05, 3.63) is 90.5 Å². The third-order valence-electron chi connectivity index (χ3n) is 6.23. The van der Waals surface area contributed by atoms with Crippen molar-refractivity contribution >= 4 is 39.3 Å². The van der Waals surface area contributed by atoms with E-state index in [0.717, 1.165) is 16.7 Å². The molecule has 0 aliphatic heterocycles. The highest BCUT2D eigenvalue weighted by molar-refractivity contribution is 6.12. The minimum Gasteiger partial charge on any atom is -0.493 e. The summed E-state index contributed by atoms with van der Waals surface area (Å²) in [4.78, 5) is 24.5. The van der Waals surface area contributed by atoms with Gasteiger partial charge in [-0.25, -0.2) is 9.97 Å². The summed E-state index contributed by atoms with van der Waals surface area (Å²) in [5, 5.41) is 2.95. The first-order valence-electron chi connectivity index (χ1n) is 12.2. The van der Waals surface area contributed by atoms with Gasteiger partial charge in [-0.05, 0) is 60.7 Å². The van der Waals surface area contributed by atoms with E-state index in [1.54, 1.807) is 20.3 Å². The number of amides is 1. The standard InChI is InChI=1S/C30H28N4O4/c1-34(21-13-16-27(36-2)28(19-21)37-3)17-18-38-22-14-11-20(12-15-22)31-30(35)23-7-6-10-26-29(23)33-25-9-5-4-8-24(25)32-26/h4-16,19H,17-18H2,1-3H3,(H,31,35). The lowest BCUT2D eigenvalue weighted by Gasteiger charge is -2.21. The van der Waals surface area contributed by atoms with Gasteiger partial charge in [-0.3, -0.25) is 4.79 Å². The highest BCUT2D eigenvalue weighted by Crippen LogP contribution is 2.31. The van der Waals surface area contributed by atoms with Crippen LogP contribution in [-0.4, -0.2) is 50.3 Å². The SMILES string of the molecule is COc1ccc(N(C)CCOc2ccc(NC(=O)c3cccc4nc5ccccc5nc34)cc2)cc1OC. The van der Waals surface area contributed by atoms with Gasteiger partial charge in [0.25, 0.3) is 5.91 Å². The maximum Gasteiger partial charge on any atom is 0.257 e. The Morgan fingerprint density at radius 2 is 1.53 bits per heavy atom. The number of methoxy groups -OCH3 is 2. The molecule has 0 bridgehead atoms. The summed E-state index contributed by atoms with van der Waals surface area (Å²) in [6.45, 7) is 1.16. The Morgan fingerprint density at radius 1 is 0.816 bits per heavy atom. The quantitative estimate of drug-likeness (QED) is 0.261. The first kappa shape index (κ1) is 24.8. The second kappa shape index (κ2) is 11.0. The normalized spacial score (nSPS) is 10.8. The molecule has 8 nitrogen and oxygen atoms in total. The number of carbonyl (C=O) groups is 1. The average Bonchev–Trinajstić information content (AvgIpc) is 2.96. The van der Waals surface area contributed by atoms with Crippen LogP contribution in [0.3, 0.4) is 0 Å². The number of benzene rings is 4. The van der Waals surface area contributed by atoms with Gasteiger partial charge in [0.2, 0.25) is 0 Å². The topological polar surface area (TPSA) is 85.8 Å². The molecule has 1 amide bonds. The molecule has 8 heteroatoms. The molecule has 0 radical (unpaired) electrons. The van der Waals surface area contributed by atoms with Crippen LogP contribution in [0.1, 0.15) is 10.4 Å². The summed E-state index contributed by atoms with van der Waals surface area (Å²) in [6.07, 6.45) is 0. The number of hydrogen-bond donors (Lipinski definition) is 1. The van der Waals surface area contributed by atoms with Gasteiger partial charge in [0.15, 0.2) is 11.5 Å². The van der Waals surface area contributed by atoms with Crippen LogP contribution in [0.25, 0.3) is 22.1 Å². The van der Waals surface area contributed by atoms with Crippen LogP contribution in [0.2, 0.25) is 0 Å². The van der Waals surface area contributed by atoms with Crippen LogP contribution in [0, 0.1) is 0 Å². The van der Waals surface area contributed by atoms with Crippen molar-refractivity contribution in [3.8, 4) is 17.2 Å². The van der Waals surface area contributed by atoms with Gasteiger partial charge in [-0.1, -0.05) is 18.2 Å². The van der Waals surface area contributed by atoms with E-state index in [-0.39, 0.29) is 5.91 Å². The zero-order chi connectivity index (χ0) is 26.5. The Hall–Kier alpha value is -4.85. The lowest BCUT2D eigenvalue weighted by molar-refractivity contribution is 0.102. The molecule has 192 valence electrons. The number of aromatic nitrogens is 2. The first-order valence-corrected chi connectivity index (χ1v) is 12.2. The number of hydrogen-bond acceptors (Lipinski definition) is 7. The number of likely N-dealkylation sites (N-methyl/N-ethyl adjacent to an activating group) is 1. The molecule has 1 N–H and O–H groups in total. The molecule has 4 aromatic carbocycles. The Balaban J connectivity index is 1.20. The first-order chi connectivity index (χ1) is 18.6.